The van der Waals surface area contributed by atoms with Crippen molar-refractivity contribution < 1.29 is 4.79 Å². The van der Waals surface area contributed by atoms with Gasteiger partial charge in [0.05, 0.1) is 5.56 Å². The lowest BCUT2D eigenvalue weighted by Gasteiger charge is -2.20. The maximum absolute atomic E-state index is 12.5. The molecule has 1 saturated heterocycles. The van der Waals surface area contributed by atoms with Crippen molar-refractivity contribution in [2.75, 3.05) is 18.8 Å². The van der Waals surface area contributed by atoms with Crippen LogP contribution in [0.4, 0.5) is 0 Å². The molecule has 1 unspecified atom stereocenters. The zero-order valence-corrected chi connectivity index (χ0v) is 13.1. The topological polar surface area (TPSA) is 53.2 Å². The summed E-state index contributed by atoms with van der Waals surface area (Å²) < 4.78 is 0. The van der Waals surface area contributed by atoms with Crippen LogP contribution in [0, 0.1) is 0 Å². The van der Waals surface area contributed by atoms with Crippen molar-refractivity contribution in [2.24, 2.45) is 0 Å². The first-order valence-electron chi connectivity index (χ1n) is 6.87. The largest absolute Gasteiger partial charge is 0.338 e. The van der Waals surface area contributed by atoms with Crippen molar-refractivity contribution in [3.8, 4) is 0 Å². The molecule has 21 heavy (non-hydrogen) atoms. The minimum atomic E-state index is -0.185. The lowest BCUT2D eigenvalue weighted by molar-refractivity contribution is 0.0766. The lowest BCUT2D eigenvalue weighted by Crippen LogP contribution is -2.33. The first-order chi connectivity index (χ1) is 10.2. The lowest BCUT2D eigenvalue weighted by atomic mass is 10.2. The second-order valence-corrected chi connectivity index (χ2v) is 7.19. The predicted octanol–water partition coefficient (Wildman–Crippen LogP) is 2.76. The molecule has 0 radical (unpaired) electrons. The molecule has 1 aliphatic heterocycles. The summed E-state index contributed by atoms with van der Waals surface area (Å²) in [6, 6.07) is 7.24. The maximum atomic E-state index is 12.5. The number of aromatic amines is 1. The molecular weight excluding hydrogens is 304 g/mol. The van der Waals surface area contributed by atoms with Crippen LogP contribution >= 0.6 is 23.1 Å². The summed E-state index contributed by atoms with van der Waals surface area (Å²) in [5.74, 6) is 0.941. The summed E-state index contributed by atoms with van der Waals surface area (Å²) in [6.45, 7) is 1.51. The third-order valence-electron chi connectivity index (χ3n) is 3.52. The quantitative estimate of drug-likeness (QED) is 0.926. The van der Waals surface area contributed by atoms with Gasteiger partial charge >= 0.3 is 0 Å². The van der Waals surface area contributed by atoms with Crippen molar-refractivity contribution >= 4 is 29.0 Å². The van der Waals surface area contributed by atoms with E-state index in [0.29, 0.717) is 10.8 Å². The summed E-state index contributed by atoms with van der Waals surface area (Å²) in [4.78, 5) is 29.4. The number of pyridine rings is 1. The van der Waals surface area contributed by atoms with Crippen molar-refractivity contribution in [1.82, 2.24) is 9.88 Å². The molecule has 0 aromatic carbocycles. The Hall–Kier alpha value is -1.53. The number of rotatable bonds is 2. The van der Waals surface area contributed by atoms with Crippen LogP contribution in [0.1, 0.15) is 26.9 Å². The van der Waals surface area contributed by atoms with Gasteiger partial charge in [-0.05, 0) is 23.9 Å². The number of hydrogen-bond donors (Lipinski definition) is 1. The number of thioether (sulfide) groups is 1. The first kappa shape index (κ1) is 14.4. The second-order valence-electron chi connectivity index (χ2n) is 4.90. The van der Waals surface area contributed by atoms with E-state index in [-0.39, 0.29) is 11.5 Å². The normalized spacial score (nSPS) is 19.2. The third-order valence-corrected chi connectivity index (χ3v) is 5.97. The second kappa shape index (κ2) is 6.49. The summed E-state index contributed by atoms with van der Waals surface area (Å²) in [7, 11) is 0. The van der Waals surface area contributed by atoms with Gasteiger partial charge < -0.3 is 9.88 Å². The molecule has 0 bridgehead atoms. The van der Waals surface area contributed by atoms with Crippen LogP contribution in [0.2, 0.25) is 0 Å². The number of nitrogens with zero attached hydrogens (tertiary/aromatic N) is 1. The van der Waals surface area contributed by atoms with Crippen LogP contribution in [0.15, 0.2) is 40.6 Å². The Morgan fingerprint density at radius 3 is 2.90 bits per heavy atom. The average Bonchev–Trinajstić information content (AvgIpc) is 2.92. The summed E-state index contributed by atoms with van der Waals surface area (Å²) in [5, 5.41) is 2.59. The predicted molar refractivity (Wildman–Crippen MR) is 87.1 cm³/mol. The fraction of sp³-hybridized carbons (Fsp3) is 0.333. The van der Waals surface area contributed by atoms with Crippen LogP contribution in [0.25, 0.3) is 0 Å². The SMILES string of the molecule is O=C(c1ccc(=O)[nH]c1)N1CCSC(c2cccs2)CC1. The van der Waals surface area contributed by atoms with Crippen molar-refractivity contribution in [2.45, 2.75) is 11.7 Å². The van der Waals surface area contributed by atoms with E-state index in [4.69, 9.17) is 0 Å². The molecule has 3 rings (SSSR count). The number of carbonyl (C=O) groups excluding carboxylic acids is 1. The van der Waals surface area contributed by atoms with E-state index in [1.165, 1.54) is 17.1 Å². The van der Waals surface area contributed by atoms with Crippen molar-refractivity contribution in [1.29, 1.82) is 0 Å². The highest BCUT2D eigenvalue weighted by Gasteiger charge is 2.23. The molecular formula is C15H16N2O2S2. The van der Waals surface area contributed by atoms with Gasteiger partial charge in [-0.3, -0.25) is 9.59 Å². The standard InChI is InChI=1S/C15H16N2O2S2/c18-14-4-3-11(10-16-14)15(19)17-6-5-13(21-9-7-17)12-2-1-8-20-12/h1-4,8,10,13H,5-7,9H2,(H,16,18). The molecule has 3 heterocycles. The minimum Gasteiger partial charge on any atom is -0.338 e. The molecule has 1 amide bonds. The highest BCUT2D eigenvalue weighted by atomic mass is 32.2. The number of hydrogen-bond acceptors (Lipinski definition) is 4. The summed E-state index contributed by atoms with van der Waals surface area (Å²) in [5.41, 5.74) is 0.366. The van der Waals surface area contributed by atoms with E-state index in [2.05, 4.69) is 22.5 Å². The van der Waals surface area contributed by atoms with Gasteiger partial charge in [0.2, 0.25) is 5.56 Å². The van der Waals surface area contributed by atoms with Crippen molar-refractivity contribution in [3.63, 3.8) is 0 Å². The number of thiophene rings is 1. The fourth-order valence-electron chi connectivity index (χ4n) is 2.40. The van der Waals surface area contributed by atoms with Gasteiger partial charge in [-0.25, -0.2) is 0 Å². The number of aromatic nitrogens is 1. The van der Waals surface area contributed by atoms with Gasteiger partial charge in [-0.15, -0.1) is 11.3 Å². The number of amides is 1. The van der Waals surface area contributed by atoms with E-state index < -0.39 is 0 Å². The fourth-order valence-corrected chi connectivity index (χ4v) is 4.64. The Kier molecular flexibility index (Phi) is 4.45. The van der Waals surface area contributed by atoms with Gasteiger partial charge in [0, 0.05) is 41.2 Å². The Bertz CT molecular complexity index is 646. The van der Waals surface area contributed by atoms with Crippen LogP contribution in [-0.2, 0) is 0 Å². The Balaban J connectivity index is 1.68. The average molecular weight is 320 g/mol. The molecule has 1 atom stereocenters. The number of nitrogens with one attached hydrogen (secondary N) is 1. The van der Waals surface area contributed by atoms with Gasteiger partial charge in [0.15, 0.2) is 0 Å². The van der Waals surface area contributed by atoms with Gasteiger partial charge in [-0.2, -0.15) is 11.8 Å². The van der Waals surface area contributed by atoms with E-state index in [1.807, 2.05) is 16.7 Å². The molecule has 4 nitrogen and oxygen atoms in total. The van der Waals surface area contributed by atoms with Gasteiger partial charge in [-0.1, -0.05) is 6.07 Å². The zero-order valence-electron chi connectivity index (χ0n) is 11.5. The van der Waals surface area contributed by atoms with E-state index >= 15 is 0 Å². The first-order valence-corrected chi connectivity index (χ1v) is 8.80. The summed E-state index contributed by atoms with van der Waals surface area (Å²) in [6.07, 6.45) is 2.47. The van der Waals surface area contributed by atoms with Gasteiger partial charge in [0.1, 0.15) is 0 Å². The molecule has 1 fully saturated rings. The van der Waals surface area contributed by atoms with Crippen LogP contribution < -0.4 is 5.56 Å². The molecule has 110 valence electrons. The Morgan fingerprint density at radius 2 is 2.19 bits per heavy atom. The van der Waals surface area contributed by atoms with E-state index in [1.54, 1.807) is 17.4 Å². The third kappa shape index (κ3) is 3.39. The molecule has 2 aromatic heterocycles. The zero-order chi connectivity index (χ0) is 14.7. The van der Waals surface area contributed by atoms with E-state index in [0.717, 1.165) is 25.3 Å². The minimum absolute atomic E-state index is 0.00122. The molecule has 0 spiro atoms. The molecule has 1 N–H and O–H groups in total. The van der Waals surface area contributed by atoms with Crippen LogP contribution in [-0.4, -0.2) is 34.6 Å². The number of carbonyl (C=O) groups is 1. The number of H-pyrrole nitrogens is 1. The van der Waals surface area contributed by atoms with Crippen molar-refractivity contribution in [3.05, 3.63) is 56.6 Å². The molecule has 2 aromatic rings. The molecule has 1 aliphatic rings. The van der Waals surface area contributed by atoms with Crippen LogP contribution in [0.3, 0.4) is 0 Å². The smallest absolute Gasteiger partial charge is 0.255 e. The maximum Gasteiger partial charge on any atom is 0.255 e. The highest BCUT2D eigenvalue weighted by Crippen LogP contribution is 2.36. The van der Waals surface area contributed by atoms with E-state index in [9.17, 15) is 9.59 Å². The molecule has 6 heteroatoms. The highest BCUT2D eigenvalue weighted by molar-refractivity contribution is 7.99. The molecule has 0 aliphatic carbocycles. The Morgan fingerprint density at radius 1 is 1.29 bits per heavy atom. The molecule has 0 saturated carbocycles. The van der Waals surface area contributed by atoms with Crippen LogP contribution in [0.5, 0.6) is 0 Å². The van der Waals surface area contributed by atoms with Gasteiger partial charge in [0.25, 0.3) is 5.91 Å². The Labute approximate surface area is 131 Å². The monoisotopic (exact) mass is 320 g/mol. The summed E-state index contributed by atoms with van der Waals surface area (Å²) >= 11 is 3.70.